The SMILES string of the molecule is CCC(C)(COPOc1c(C(C)(C)C)cc(C)cc1C(C)(C)C)COP(C)C.Cc1cc(C(C)(C)C)c(C)c(C(C)(C)C)c1. The molecule has 2 unspecified atom stereocenters. The average Bonchev–Trinajstić information content (AvgIpc) is 2.84. The zero-order valence-electron chi connectivity index (χ0n) is 32.1. The molecule has 2 rings (SSSR count). The second-order valence-corrected chi connectivity index (χ2v) is 19.9. The molecule has 2 aromatic carbocycles. The summed E-state index contributed by atoms with van der Waals surface area (Å²) >= 11 is 0. The Balaban J connectivity index is 0.000000511. The molecule has 0 saturated heterocycles. The monoisotopic (exact) mass is 646 g/mol. The van der Waals surface area contributed by atoms with Crippen LogP contribution in [0.4, 0.5) is 0 Å². The summed E-state index contributed by atoms with van der Waals surface area (Å²) in [5.41, 5.74) is 10.1. The number of hydrogen-bond acceptors (Lipinski definition) is 3. The second kappa shape index (κ2) is 15.7. The van der Waals surface area contributed by atoms with Crippen molar-refractivity contribution in [2.24, 2.45) is 5.41 Å². The summed E-state index contributed by atoms with van der Waals surface area (Å²) in [5.74, 6) is 0.990. The molecule has 3 nitrogen and oxygen atoms in total. The normalized spacial score (nSPS) is 14.5. The van der Waals surface area contributed by atoms with Gasteiger partial charge in [0.05, 0.1) is 13.2 Å². The van der Waals surface area contributed by atoms with Crippen LogP contribution in [0.5, 0.6) is 5.75 Å². The minimum Gasteiger partial charge on any atom is -0.449 e. The smallest absolute Gasteiger partial charge is 0.215 e. The largest absolute Gasteiger partial charge is 0.449 e. The Labute approximate surface area is 276 Å². The molecule has 0 N–H and O–H groups in total. The summed E-state index contributed by atoms with van der Waals surface area (Å²) in [6.07, 6.45) is 1.02. The van der Waals surface area contributed by atoms with Crippen molar-refractivity contribution < 1.29 is 13.6 Å². The van der Waals surface area contributed by atoms with Crippen LogP contribution < -0.4 is 4.52 Å². The first kappa shape index (κ1) is 41.0. The summed E-state index contributed by atoms with van der Waals surface area (Å²) in [7, 11) is -0.365. The molecule has 2 aromatic rings. The van der Waals surface area contributed by atoms with Crippen LogP contribution in [0.1, 0.15) is 142 Å². The van der Waals surface area contributed by atoms with Gasteiger partial charge in [0, 0.05) is 24.7 Å². The first-order valence-electron chi connectivity index (χ1n) is 16.3. The first-order valence-corrected chi connectivity index (χ1v) is 19.3. The molecule has 0 aliphatic rings. The van der Waals surface area contributed by atoms with Crippen molar-refractivity contribution in [3.63, 3.8) is 0 Å². The first-order chi connectivity index (χ1) is 19.7. The van der Waals surface area contributed by atoms with E-state index in [1.165, 1.54) is 38.9 Å². The van der Waals surface area contributed by atoms with Crippen LogP contribution in [-0.2, 0) is 30.7 Å². The number of benzene rings is 2. The second-order valence-electron chi connectivity index (χ2n) is 17.4. The van der Waals surface area contributed by atoms with Gasteiger partial charge in [-0.05, 0) is 78.9 Å². The van der Waals surface area contributed by atoms with Crippen LogP contribution in [0.15, 0.2) is 24.3 Å². The number of aryl methyl sites for hydroxylation is 2. The van der Waals surface area contributed by atoms with Gasteiger partial charge in [-0.15, -0.1) is 0 Å². The lowest BCUT2D eigenvalue weighted by Gasteiger charge is -2.31. The molecule has 0 bridgehead atoms. The highest BCUT2D eigenvalue weighted by atomic mass is 31.1. The molecular formula is C39H68O3P2. The Bertz CT molecular complexity index is 1130. The van der Waals surface area contributed by atoms with Gasteiger partial charge in [-0.3, -0.25) is 0 Å². The van der Waals surface area contributed by atoms with Crippen molar-refractivity contribution >= 4 is 17.2 Å². The fraction of sp³-hybridized carbons (Fsp3) is 0.692. The topological polar surface area (TPSA) is 27.7 Å². The molecule has 0 aliphatic heterocycles. The molecule has 0 fully saturated rings. The Hall–Kier alpha value is -0.980. The minimum absolute atomic E-state index is 0.0109. The van der Waals surface area contributed by atoms with E-state index in [4.69, 9.17) is 13.6 Å². The van der Waals surface area contributed by atoms with Crippen LogP contribution in [0.25, 0.3) is 0 Å². The lowest BCUT2D eigenvalue weighted by atomic mass is 9.76. The molecule has 2 atom stereocenters. The van der Waals surface area contributed by atoms with Gasteiger partial charge in [-0.1, -0.05) is 132 Å². The third kappa shape index (κ3) is 12.7. The fourth-order valence-electron chi connectivity index (χ4n) is 5.22. The molecule has 0 aliphatic carbocycles. The van der Waals surface area contributed by atoms with E-state index in [1.54, 1.807) is 0 Å². The fourth-order valence-corrected chi connectivity index (χ4v) is 6.56. The van der Waals surface area contributed by atoms with Gasteiger partial charge in [0.15, 0.2) is 0 Å². The predicted molar refractivity (Wildman–Crippen MR) is 200 cm³/mol. The van der Waals surface area contributed by atoms with Crippen molar-refractivity contribution in [1.82, 2.24) is 0 Å². The highest BCUT2D eigenvalue weighted by Crippen LogP contribution is 2.43. The van der Waals surface area contributed by atoms with E-state index in [9.17, 15) is 0 Å². The van der Waals surface area contributed by atoms with E-state index in [0.717, 1.165) is 18.8 Å². The molecule has 44 heavy (non-hydrogen) atoms. The quantitative estimate of drug-likeness (QED) is 0.200. The maximum Gasteiger partial charge on any atom is 0.215 e. The van der Waals surface area contributed by atoms with Gasteiger partial charge in [-0.2, -0.15) is 0 Å². The zero-order chi connectivity index (χ0) is 34.5. The van der Waals surface area contributed by atoms with E-state index >= 15 is 0 Å². The summed E-state index contributed by atoms with van der Waals surface area (Å²) in [6.45, 7) is 43.9. The number of hydrogen-bond donors (Lipinski definition) is 0. The predicted octanol–water partition coefficient (Wildman–Crippen LogP) is 12.5. The standard InChI is InChI=1S/C23H42O3P2.C16H26/c1-12-23(9,16-25-28(10)11)15-24-27-26-20-18(21(3,4)5)13-17(2)14-19(20)22(6,7)8;1-11-9-13(15(3,4)5)12(2)14(10-11)16(6,7)8/h13-14,27H,12,15-16H2,1-11H3;9-10H,1-8H3. The molecule has 0 amide bonds. The molecule has 5 heteroatoms. The summed E-state index contributed by atoms with van der Waals surface area (Å²) in [5, 5.41) is 0. The molecular weight excluding hydrogens is 578 g/mol. The van der Waals surface area contributed by atoms with E-state index in [1.807, 2.05) is 0 Å². The molecule has 0 radical (unpaired) electrons. The van der Waals surface area contributed by atoms with Crippen LogP contribution in [-0.4, -0.2) is 26.5 Å². The minimum atomic E-state index is -0.348. The van der Waals surface area contributed by atoms with Gasteiger partial charge < -0.3 is 13.6 Å². The zero-order valence-corrected chi connectivity index (χ0v) is 34.0. The highest BCUT2D eigenvalue weighted by Gasteiger charge is 2.29. The van der Waals surface area contributed by atoms with Gasteiger partial charge in [0.25, 0.3) is 0 Å². The van der Waals surface area contributed by atoms with Crippen molar-refractivity contribution in [2.45, 2.75) is 146 Å². The molecule has 0 saturated carbocycles. The van der Waals surface area contributed by atoms with Crippen molar-refractivity contribution in [1.29, 1.82) is 0 Å². The lowest BCUT2D eigenvalue weighted by Crippen LogP contribution is -2.26. The van der Waals surface area contributed by atoms with Crippen LogP contribution in [0, 0.1) is 26.2 Å². The van der Waals surface area contributed by atoms with Gasteiger partial charge in [0.1, 0.15) is 5.75 Å². The van der Waals surface area contributed by atoms with Gasteiger partial charge in [0.2, 0.25) is 9.03 Å². The third-order valence-electron chi connectivity index (χ3n) is 8.17. The molecule has 0 aromatic heterocycles. The van der Waals surface area contributed by atoms with Crippen molar-refractivity contribution in [2.75, 3.05) is 26.5 Å². The number of rotatable bonds is 9. The van der Waals surface area contributed by atoms with Crippen LogP contribution >= 0.6 is 17.2 Å². The van der Waals surface area contributed by atoms with Crippen molar-refractivity contribution in [3.8, 4) is 5.75 Å². The Kier molecular flexibility index (Phi) is 14.7. The van der Waals surface area contributed by atoms with Gasteiger partial charge in [-0.25, -0.2) is 0 Å². The average molecular weight is 647 g/mol. The van der Waals surface area contributed by atoms with Gasteiger partial charge >= 0.3 is 0 Å². The maximum atomic E-state index is 6.31. The third-order valence-corrected chi connectivity index (χ3v) is 9.36. The molecule has 0 heterocycles. The maximum absolute atomic E-state index is 6.31. The van der Waals surface area contributed by atoms with E-state index < -0.39 is 0 Å². The Morgan fingerprint density at radius 2 is 0.955 bits per heavy atom. The van der Waals surface area contributed by atoms with E-state index in [2.05, 4.69) is 155 Å². The Morgan fingerprint density at radius 3 is 1.27 bits per heavy atom. The van der Waals surface area contributed by atoms with Crippen LogP contribution in [0.2, 0.25) is 0 Å². The summed E-state index contributed by atoms with van der Waals surface area (Å²) in [6, 6.07) is 9.18. The van der Waals surface area contributed by atoms with E-state index in [0.29, 0.717) is 6.61 Å². The lowest BCUT2D eigenvalue weighted by molar-refractivity contribution is 0.103. The van der Waals surface area contributed by atoms with Crippen molar-refractivity contribution in [3.05, 3.63) is 63.2 Å². The van der Waals surface area contributed by atoms with E-state index in [-0.39, 0.29) is 44.3 Å². The summed E-state index contributed by atoms with van der Waals surface area (Å²) < 4.78 is 18.2. The molecule has 252 valence electrons. The summed E-state index contributed by atoms with van der Waals surface area (Å²) in [4.78, 5) is 0. The van der Waals surface area contributed by atoms with Crippen LogP contribution in [0.3, 0.4) is 0 Å². The highest BCUT2D eigenvalue weighted by molar-refractivity contribution is 7.50. The Morgan fingerprint density at radius 1 is 0.591 bits per heavy atom. The molecule has 0 spiro atoms.